The Balaban J connectivity index is 2.17. The molecule has 110 valence electrons. The lowest BCUT2D eigenvalue weighted by Gasteiger charge is -2.07. The number of nitro benzene ring substituents is 1. The number of rotatable bonds is 7. The van der Waals surface area contributed by atoms with Gasteiger partial charge in [0.15, 0.2) is 11.6 Å². The van der Waals surface area contributed by atoms with E-state index in [0.29, 0.717) is 18.7 Å². The molecule has 0 unspecified atom stereocenters. The Morgan fingerprint density at radius 2 is 2.29 bits per heavy atom. The molecule has 0 bridgehead atoms. The maximum atomic E-state index is 11.0. The van der Waals surface area contributed by atoms with Gasteiger partial charge in [-0.15, -0.1) is 5.10 Å². The molecule has 0 N–H and O–H groups in total. The Labute approximate surface area is 119 Å². The van der Waals surface area contributed by atoms with Gasteiger partial charge in [-0.3, -0.25) is 14.9 Å². The summed E-state index contributed by atoms with van der Waals surface area (Å²) in [6.07, 6.45) is 1.39. The molecule has 9 nitrogen and oxygen atoms in total. The fraction of sp³-hybridized carbons (Fsp3) is 0.333. The second-order valence-corrected chi connectivity index (χ2v) is 4.21. The predicted molar refractivity (Wildman–Crippen MR) is 70.9 cm³/mol. The van der Waals surface area contributed by atoms with Crippen molar-refractivity contribution in [1.29, 1.82) is 0 Å². The summed E-state index contributed by atoms with van der Waals surface area (Å²) in [5.41, 5.74) is -0.0565. The third-order valence-electron chi connectivity index (χ3n) is 2.71. The summed E-state index contributed by atoms with van der Waals surface area (Å²) in [6, 6.07) is 4.00. The Bertz CT molecular complexity index is 655. The number of aromatic nitrogens is 4. The van der Waals surface area contributed by atoms with Crippen LogP contribution in [0, 0.1) is 10.1 Å². The van der Waals surface area contributed by atoms with E-state index in [0.717, 1.165) is 12.5 Å². The van der Waals surface area contributed by atoms with Crippen LogP contribution in [-0.4, -0.2) is 31.4 Å². The maximum absolute atomic E-state index is 11.0. The summed E-state index contributed by atoms with van der Waals surface area (Å²) >= 11 is 0. The number of aldehydes is 1. The molecule has 0 amide bonds. The first-order chi connectivity index (χ1) is 10.2. The molecule has 1 heterocycles. The van der Waals surface area contributed by atoms with Crippen LogP contribution in [-0.2, 0) is 13.2 Å². The van der Waals surface area contributed by atoms with E-state index < -0.39 is 4.92 Å². The van der Waals surface area contributed by atoms with Gasteiger partial charge in [-0.05, 0) is 29.0 Å². The van der Waals surface area contributed by atoms with Crippen LogP contribution >= 0.6 is 0 Å². The number of nitrogens with zero attached hydrogens (tertiary/aromatic N) is 5. The molecule has 21 heavy (non-hydrogen) atoms. The number of benzene rings is 1. The van der Waals surface area contributed by atoms with Gasteiger partial charge in [0.2, 0.25) is 0 Å². The summed E-state index contributed by atoms with van der Waals surface area (Å²) in [6.45, 7) is 2.63. The molecular formula is C12H13N5O4. The number of hydrogen-bond donors (Lipinski definition) is 0. The number of carbonyl (C=O) groups is 1. The lowest BCUT2D eigenvalue weighted by atomic mass is 10.2. The van der Waals surface area contributed by atoms with E-state index in [1.54, 1.807) is 4.68 Å². The maximum Gasteiger partial charge on any atom is 0.311 e. The Morgan fingerprint density at radius 3 is 2.95 bits per heavy atom. The molecule has 0 radical (unpaired) electrons. The molecule has 0 saturated heterocycles. The Kier molecular flexibility index (Phi) is 4.54. The third-order valence-corrected chi connectivity index (χ3v) is 2.71. The highest BCUT2D eigenvalue weighted by molar-refractivity contribution is 5.77. The second kappa shape index (κ2) is 6.55. The molecular weight excluding hydrogens is 278 g/mol. The van der Waals surface area contributed by atoms with Gasteiger partial charge in [0.05, 0.1) is 4.92 Å². The van der Waals surface area contributed by atoms with Crippen LogP contribution in [0.15, 0.2) is 18.2 Å². The van der Waals surface area contributed by atoms with Crippen LogP contribution in [0.4, 0.5) is 5.69 Å². The summed E-state index contributed by atoms with van der Waals surface area (Å²) in [7, 11) is 0. The number of tetrazole rings is 1. The number of aryl methyl sites for hydroxylation is 1. The van der Waals surface area contributed by atoms with Gasteiger partial charge >= 0.3 is 5.69 Å². The minimum Gasteiger partial charge on any atom is -0.479 e. The van der Waals surface area contributed by atoms with Gasteiger partial charge in [0, 0.05) is 18.2 Å². The van der Waals surface area contributed by atoms with Gasteiger partial charge in [-0.1, -0.05) is 6.92 Å². The van der Waals surface area contributed by atoms with Crippen molar-refractivity contribution < 1.29 is 14.5 Å². The molecule has 0 aliphatic heterocycles. The number of ether oxygens (including phenoxy) is 1. The van der Waals surface area contributed by atoms with Crippen molar-refractivity contribution in [3.8, 4) is 5.75 Å². The van der Waals surface area contributed by atoms with E-state index in [1.807, 2.05) is 6.92 Å². The Hall–Kier alpha value is -2.84. The standard InChI is InChI=1S/C12H13N5O4/c1-2-5-16-12(13-14-15-16)8-21-11-4-3-9(7-18)6-10(11)17(19)20/h3-4,6-7H,2,5,8H2,1H3. The van der Waals surface area contributed by atoms with Gasteiger partial charge in [0.25, 0.3) is 0 Å². The van der Waals surface area contributed by atoms with Crippen LogP contribution in [0.2, 0.25) is 0 Å². The summed E-state index contributed by atoms with van der Waals surface area (Å²) in [4.78, 5) is 21.0. The lowest BCUT2D eigenvalue weighted by Crippen LogP contribution is -2.09. The number of hydrogen-bond acceptors (Lipinski definition) is 7. The molecule has 0 fully saturated rings. The molecule has 2 rings (SSSR count). The first-order valence-corrected chi connectivity index (χ1v) is 6.27. The highest BCUT2D eigenvalue weighted by atomic mass is 16.6. The first kappa shape index (κ1) is 14.6. The Morgan fingerprint density at radius 1 is 1.48 bits per heavy atom. The zero-order valence-corrected chi connectivity index (χ0v) is 11.3. The van der Waals surface area contributed by atoms with E-state index in [9.17, 15) is 14.9 Å². The normalized spacial score (nSPS) is 10.3. The quantitative estimate of drug-likeness (QED) is 0.430. The molecule has 0 aliphatic rings. The molecule has 0 atom stereocenters. The van der Waals surface area contributed by atoms with E-state index in [-0.39, 0.29) is 23.6 Å². The van der Waals surface area contributed by atoms with Crippen molar-refractivity contribution in [2.24, 2.45) is 0 Å². The minimum absolute atomic E-state index is 0.00821. The predicted octanol–water partition coefficient (Wildman–Crippen LogP) is 1.38. The average Bonchev–Trinajstić information content (AvgIpc) is 2.92. The largest absolute Gasteiger partial charge is 0.479 e. The second-order valence-electron chi connectivity index (χ2n) is 4.21. The zero-order chi connectivity index (χ0) is 15.2. The first-order valence-electron chi connectivity index (χ1n) is 6.27. The zero-order valence-electron chi connectivity index (χ0n) is 11.3. The highest BCUT2D eigenvalue weighted by Crippen LogP contribution is 2.28. The van der Waals surface area contributed by atoms with Crippen LogP contribution in [0.25, 0.3) is 0 Å². The summed E-state index contributed by atoms with van der Waals surface area (Å²) in [5, 5.41) is 22.1. The SMILES string of the molecule is CCCn1nnnc1COc1ccc(C=O)cc1[N+](=O)[O-]. The summed E-state index contributed by atoms with van der Waals surface area (Å²) < 4.78 is 6.98. The molecule has 1 aromatic heterocycles. The fourth-order valence-electron chi connectivity index (χ4n) is 1.73. The van der Waals surface area contributed by atoms with Crippen LogP contribution in [0.1, 0.15) is 29.5 Å². The molecule has 1 aromatic carbocycles. The van der Waals surface area contributed by atoms with E-state index in [1.165, 1.54) is 12.1 Å². The van der Waals surface area contributed by atoms with Crippen molar-refractivity contribution in [1.82, 2.24) is 20.2 Å². The molecule has 2 aromatic rings. The number of nitro groups is 1. The number of carbonyl (C=O) groups excluding carboxylic acids is 1. The van der Waals surface area contributed by atoms with Crippen LogP contribution < -0.4 is 4.74 Å². The van der Waals surface area contributed by atoms with Crippen molar-refractivity contribution >= 4 is 12.0 Å². The monoisotopic (exact) mass is 291 g/mol. The summed E-state index contributed by atoms with van der Waals surface area (Å²) in [5.74, 6) is 0.544. The van der Waals surface area contributed by atoms with E-state index in [2.05, 4.69) is 15.5 Å². The van der Waals surface area contributed by atoms with Crippen molar-refractivity contribution in [3.05, 3.63) is 39.7 Å². The van der Waals surface area contributed by atoms with Gasteiger partial charge in [-0.2, -0.15) is 0 Å². The third kappa shape index (κ3) is 3.38. The van der Waals surface area contributed by atoms with E-state index in [4.69, 9.17) is 4.74 Å². The fourth-order valence-corrected chi connectivity index (χ4v) is 1.73. The average molecular weight is 291 g/mol. The van der Waals surface area contributed by atoms with Crippen molar-refractivity contribution in [3.63, 3.8) is 0 Å². The minimum atomic E-state index is -0.600. The highest BCUT2D eigenvalue weighted by Gasteiger charge is 2.17. The molecule has 9 heteroatoms. The van der Waals surface area contributed by atoms with Gasteiger partial charge < -0.3 is 4.74 Å². The molecule has 0 aliphatic carbocycles. The van der Waals surface area contributed by atoms with Gasteiger partial charge in [-0.25, -0.2) is 4.68 Å². The smallest absolute Gasteiger partial charge is 0.311 e. The lowest BCUT2D eigenvalue weighted by molar-refractivity contribution is -0.386. The molecule has 0 spiro atoms. The van der Waals surface area contributed by atoms with E-state index >= 15 is 0 Å². The van der Waals surface area contributed by atoms with Crippen molar-refractivity contribution in [2.45, 2.75) is 26.5 Å². The van der Waals surface area contributed by atoms with Crippen molar-refractivity contribution in [2.75, 3.05) is 0 Å². The van der Waals surface area contributed by atoms with Crippen LogP contribution in [0.3, 0.4) is 0 Å². The molecule has 0 saturated carbocycles. The van der Waals surface area contributed by atoms with Gasteiger partial charge in [0.1, 0.15) is 12.9 Å². The van der Waals surface area contributed by atoms with Crippen LogP contribution in [0.5, 0.6) is 5.75 Å². The topological polar surface area (TPSA) is 113 Å².